The van der Waals surface area contributed by atoms with Crippen LogP contribution in [0.2, 0.25) is 0 Å². The number of ether oxygens (including phenoxy) is 1. The Balaban J connectivity index is 4.70. The molecular formula is C9H12O3. The standard InChI is InChI=1S/C9H12O3/c1-5-6-9(4,7(2)10)12-8(3)11/h1-4H3. The fourth-order valence-electron chi connectivity index (χ4n) is 0.711. The minimum Gasteiger partial charge on any atom is -0.439 e. The van der Waals surface area contributed by atoms with Crippen molar-refractivity contribution in [1.82, 2.24) is 0 Å². The lowest BCUT2D eigenvalue weighted by atomic mass is 10.0. The first-order valence-electron chi connectivity index (χ1n) is 3.57. The minimum atomic E-state index is -1.28. The van der Waals surface area contributed by atoms with Crippen LogP contribution in [0.1, 0.15) is 27.7 Å². The van der Waals surface area contributed by atoms with E-state index in [1.807, 2.05) is 0 Å². The van der Waals surface area contributed by atoms with E-state index < -0.39 is 11.6 Å². The zero-order chi connectivity index (χ0) is 9.78. The molecule has 1 unspecified atom stereocenters. The molecule has 0 radical (unpaired) electrons. The maximum atomic E-state index is 11.0. The average Bonchev–Trinajstić information content (AvgIpc) is 1.85. The van der Waals surface area contributed by atoms with Crippen LogP contribution >= 0.6 is 0 Å². The Kier molecular flexibility index (Phi) is 3.49. The summed E-state index contributed by atoms with van der Waals surface area (Å²) in [7, 11) is 0. The molecule has 66 valence electrons. The molecule has 0 spiro atoms. The maximum Gasteiger partial charge on any atom is 0.304 e. The smallest absolute Gasteiger partial charge is 0.304 e. The van der Waals surface area contributed by atoms with Crippen molar-refractivity contribution < 1.29 is 14.3 Å². The van der Waals surface area contributed by atoms with E-state index in [0.29, 0.717) is 0 Å². The lowest BCUT2D eigenvalue weighted by molar-refractivity contribution is -0.157. The molecule has 12 heavy (non-hydrogen) atoms. The molecule has 3 heteroatoms. The fraction of sp³-hybridized carbons (Fsp3) is 0.556. The van der Waals surface area contributed by atoms with Crippen molar-refractivity contribution in [2.45, 2.75) is 33.3 Å². The van der Waals surface area contributed by atoms with Gasteiger partial charge >= 0.3 is 5.97 Å². The number of esters is 1. The normalized spacial score (nSPS) is 13.7. The van der Waals surface area contributed by atoms with Gasteiger partial charge in [0.2, 0.25) is 5.60 Å². The third-order valence-electron chi connectivity index (χ3n) is 1.38. The summed E-state index contributed by atoms with van der Waals surface area (Å²) in [4.78, 5) is 21.6. The van der Waals surface area contributed by atoms with Gasteiger partial charge in [0.15, 0.2) is 5.78 Å². The van der Waals surface area contributed by atoms with E-state index in [1.54, 1.807) is 6.92 Å². The predicted molar refractivity (Wildman–Crippen MR) is 44.3 cm³/mol. The second kappa shape index (κ2) is 3.91. The first kappa shape index (κ1) is 10.7. The molecule has 0 saturated heterocycles. The molecular weight excluding hydrogens is 156 g/mol. The maximum absolute atomic E-state index is 11.0. The van der Waals surface area contributed by atoms with E-state index in [1.165, 1.54) is 20.8 Å². The third kappa shape index (κ3) is 2.75. The summed E-state index contributed by atoms with van der Waals surface area (Å²) in [5, 5.41) is 0. The Morgan fingerprint density at radius 2 is 1.83 bits per heavy atom. The summed E-state index contributed by atoms with van der Waals surface area (Å²) in [5.41, 5.74) is -1.28. The van der Waals surface area contributed by atoms with Crippen molar-refractivity contribution in [2.75, 3.05) is 0 Å². The van der Waals surface area contributed by atoms with Crippen LogP contribution < -0.4 is 0 Å². The Hall–Kier alpha value is -1.30. The fourth-order valence-corrected chi connectivity index (χ4v) is 0.711. The first-order valence-corrected chi connectivity index (χ1v) is 3.57. The summed E-state index contributed by atoms with van der Waals surface area (Å²) in [5.74, 6) is 4.32. The second-order valence-corrected chi connectivity index (χ2v) is 2.56. The predicted octanol–water partition coefficient (Wildman–Crippen LogP) is 0.921. The van der Waals surface area contributed by atoms with Gasteiger partial charge in [-0.3, -0.25) is 9.59 Å². The number of carbonyl (C=O) groups is 2. The van der Waals surface area contributed by atoms with Gasteiger partial charge in [-0.1, -0.05) is 0 Å². The van der Waals surface area contributed by atoms with Gasteiger partial charge in [0, 0.05) is 6.92 Å². The van der Waals surface area contributed by atoms with Gasteiger partial charge < -0.3 is 4.74 Å². The Bertz CT molecular complexity index is 257. The van der Waals surface area contributed by atoms with E-state index in [0.717, 1.165) is 0 Å². The second-order valence-electron chi connectivity index (χ2n) is 2.56. The minimum absolute atomic E-state index is 0.271. The van der Waals surface area contributed by atoms with Crippen molar-refractivity contribution in [3.05, 3.63) is 0 Å². The molecule has 0 N–H and O–H groups in total. The Morgan fingerprint density at radius 3 is 2.08 bits per heavy atom. The first-order chi connectivity index (χ1) is 5.42. The highest BCUT2D eigenvalue weighted by atomic mass is 16.6. The van der Waals surface area contributed by atoms with Crippen molar-refractivity contribution in [3.8, 4) is 11.8 Å². The van der Waals surface area contributed by atoms with Crippen LogP contribution in [0.3, 0.4) is 0 Å². The largest absolute Gasteiger partial charge is 0.439 e. The van der Waals surface area contributed by atoms with E-state index in [-0.39, 0.29) is 5.78 Å². The molecule has 0 rings (SSSR count). The summed E-state index contributed by atoms with van der Waals surface area (Å²) >= 11 is 0. The summed E-state index contributed by atoms with van der Waals surface area (Å²) in [6.07, 6.45) is 0. The molecule has 0 aromatic rings. The molecule has 0 fully saturated rings. The molecule has 3 nitrogen and oxygen atoms in total. The van der Waals surface area contributed by atoms with Crippen LogP contribution in [0.15, 0.2) is 0 Å². The van der Waals surface area contributed by atoms with Gasteiger partial charge in [-0.05, 0) is 26.7 Å². The number of ketones is 1. The van der Waals surface area contributed by atoms with E-state index in [9.17, 15) is 9.59 Å². The molecule has 0 bridgehead atoms. The number of hydrogen-bond acceptors (Lipinski definition) is 3. The average molecular weight is 168 g/mol. The van der Waals surface area contributed by atoms with E-state index in [4.69, 9.17) is 4.74 Å². The van der Waals surface area contributed by atoms with Gasteiger partial charge in [-0.25, -0.2) is 0 Å². The SMILES string of the molecule is CC#CC(C)(OC(C)=O)C(C)=O. The zero-order valence-electron chi connectivity index (χ0n) is 7.72. The number of Topliss-reactive ketones (excluding diaryl/α,β-unsaturated/α-hetero) is 1. The lowest BCUT2D eigenvalue weighted by Crippen LogP contribution is -2.36. The van der Waals surface area contributed by atoms with Crippen LogP contribution in [0, 0.1) is 11.8 Å². The Labute approximate surface area is 72.1 Å². The van der Waals surface area contributed by atoms with Gasteiger partial charge in [0.05, 0.1) is 0 Å². The van der Waals surface area contributed by atoms with Gasteiger partial charge in [-0.2, -0.15) is 0 Å². The highest BCUT2D eigenvalue weighted by Crippen LogP contribution is 2.10. The van der Waals surface area contributed by atoms with Crippen LogP contribution in [0.25, 0.3) is 0 Å². The molecule has 0 amide bonds. The molecule has 0 saturated carbocycles. The third-order valence-corrected chi connectivity index (χ3v) is 1.38. The lowest BCUT2D eigenvalue weighted by Gasteiger charge is -2.19. The van der Waals surface area contributed by atoms with Crippen molar-refractivity contribution >= 4 is 11.8 Å². The highest BCUT2D eigenvalue weighted by molar-refractivity contribution is 5.90. The zero-order valence-corrected chi connectivity index (χ0v) is 7.72. The number of rotatable bonds is 2. The highest BCUT2D eigenvalue weighted by Gasteiger charge is 2.30. The molecule has 0 aromatic carbocycles. The molecule has 0 aliphatic carbocycles. The van der Waals surface area contributed by atoms with Crippen molar-refractivity contribution in [3.63, 3.8) is 0 Å². The van der Waals surface area contributed by atoms with Gasteiger partial charge in [0.25, 0.3) is 0 Å². The molecule has 0 aromatic heterocycles. The molecule has 0 aliphatic heterocycles. The van der Waals surface area contributed by atoms with Crippen molar-refractivity contribution in [1.29, 1.82) is 0 Å². The number of carbonyl (C=O) groups excluding carboxylic acids is 2. The summed E-state index contributed by atoms with van der Waals surface area (Å²) < 4.78 is 4.78. The van der Waals surface area contributed by atoms with Gasteiger partial charge in [0.1, 0.15) is 0 Å². The Morgan fingerprint density at radius 1 is 1.33 bits per heavy atom. The van der Waals surface area contributed by atoms with Crippen LogP contribution in [0.4, 0.5) is 0 Å². The van der Waals surface area contributed by atoms with Crippen molar-refractivity contribution in [2.24, 2.45) is 0 Å². The summed E-state index contributed by atoms with van der Waals surface area (Å²) in [6.45, 7) is 5.66. The molecule has 0 heterocycles. The summed E-state index contributed by atoms with van der Waals surface area (Å²) in [6, 6.07) is 0. The monoisotopic (exact) mass is 168 g/mol. The van der Waals surface area contributed by atoms with Gasteiger partial charge in [-0.15, -0.1) is 5.92 Å². The van der Waals surface area contributed by atoms with Crippen LogP contribution in [-0.2, 0) is 14.3 Å². The number of hydrogen-bond donors (Lipinski definition) is 0. The quantitative estimate of drug-likeness (QED) is 0.455. The van der Waals surface area contributed by atoms with E-state index in [2.05, 4.69) is 11.8 Å². The van der Waals surface area contributed by atoms with E-state index >= 15 is 0 Å². The van der Waals surface area contributed by atoms with Crippen LogP contribution in [-0.4, -0.2) is 17.4 Å². The topological polar surface area (TPSA) is 43.4 Å². The molecule has 0 aliphatic rings. The van der Waals surface area contributed by atoms with Crippen LogP contribution in [0.5, 0.6) is 0 Å². The molecule has 1 atom stereocenters.